The summed E-state index contributed by atoms with van der Waals surface area (Å²) >= 11 is 1.83. The molecule has 0 saturated heterocycles. The molecule has 0 saturated carbocycles. The van der Waals surface area contributed by atoms with Gasteiger partial charge in [0.25, 0.3) is 0 Å². The van der Waals surface area contributed by atoms with Crippen LogP contribution in [0.25, 0.3) is 10.3 Å². The van der Waals surface area contributed by atoms with Gasteiger partial charge in [0.15, 0.2) is 28.3 Å². The molecule has 0 fully saturated rings. The van der Waals surface area contributed by atoms with Crippen molar-refractivity contribution in [3.8, 4) is 0 Å². The molecule has 0 aliphatic rings. The number of nitrogens with two attached hydrogens (primary N) is 1. The van der Waals surface area contributed by atoms with Crippen LogP contribution < -0.4 is 16.0 Å². The van der Waals surface area contributed by atoms with Crippen LogP contribution in [0.4, 0.5) is 14.6 Å². The van der Waals surface area contributed by atoms with Crippen molar-refractivity contribution < 1.29 is 19.0 Å². The third kappa shape index (κ3) is 3.94. The summed E-state index contributed by atoms with van der Waals surface area (Å²) in [5, 5.41) is 22.1. The summed E-state index contributed by atoms with van der Waals surface area (Å²) in [5.74, 6) is 4.08. The van der Waals surface area contributed by atoms with Crippen LogP contribution in [0.2, 0.25) is 0 Å². The van der Waals surface area contributed by atoms with Crippen LogP contribution >= 0.6 is 23.1 Å². The Morgan fingerprint density at radius 2 is 2.04 bits per heavy atom. The van der Waals surface area contributed by atoms with Gasteiger partial charge in [-0.25, -0.2) is 18.7 Å². The number of thiazole rings is 1. The SMILES string of the molecule is CC(CO)(CO)Nc1nc(SCc2cccc(F)c2F)nc2c1sc(=O)n2N. The first kappa shape index (κ1) is 20.5. The molecule has 0 spiro atoms. The third-order valence-electron chi connectivity index (χ3n) is 3.95. The molecule has 12 heteroatoms. The maximum Gasteiger partial charge on any atom is 0.328 e. The van der Waals surface area contributed by atoms with E-state index in [0.29, 0.717) is 4.70 Å². The Balaban J connectivity index is 2.00. The van der Waals surface area contributed by atoms with Crippen LogP contribution in [0, 0.1) is 11.6 Å². The van der Waals surface area contributed by atoms with Gasteiger partial charge in [0, 0.05) is 11.3 Å². The van der Waals surface area contributed by atoms with E-state index in [-0.39, 0.29) is 27.9 Å². The second kappa shape index (κ2) is 7.99. The number of anilines is 1. The van der Waals surface area contributed by atoms with E-state index < -0.39 is 35.3 Å². The zero-order valence-corrected chi connectivity index (χ0v) is 16.3. The Morgan fingerprint density at radius 1 is 1.32 bits per heavy atom. The lowest BCUT2D eigenvalue weighted by molar-refractivity contribution is 0.147. The quantitative estimate of drug-likeness (QED) is 0.251. The van der Waals surface area contributed by atoms with Gasteiger partial charge >= 0.3 is 4.87 Å². The number of rotatable bonds is 7. The average molecular weight is 429 g/mol. The van der Waals surface area contributed by atoms with Gasteiger partial charge in [-0.2, -0.15) is 4.68 Å². The van der Waals surface area contributed by atoms with Gasteiger partial charge in [-0.05, 0) is 13.0 Å². The molecule has 0 aliphatic heterocycles. The molecule has 8 nitrogen and oxygen atoms in total. The lowest BCUT2D eigenvalue weighted by Crippen LogP contribution is -2.42. The number of aliphatic hydroxyl groups excluding tert-OH is 2. The molecule has 3 aromatic rings. The van der Waals surface area contributed by atoms with E-state index >= 15 is 0 Å². The Morgan fingerprint density at radius 3 is 2.71 bits per heavy atom. The van der Waals surface area contributed by atoms with Gasteiger partial charge in [-0.15, -0.1) is 0 Å². The van der Waals surface area contributed by atoms with Crippen LogP contribution in [0.15, 0.2) is 28.2 Å². The Kier molecular flexibility index (Phi) is 5.84. The highest BCUT2D eigenvalue weighted by atomic mass is 32.2. The topological polar surface area (TPSA) is 126 Å². The molecular weight excluding hydrogens is 412 g/mol. The molecular formula is C16H17F2N5O3S2. The van der Waals surface area contributed by atoms with Crippen LogP contribution in [0.1, 0.15) is 12.5 Å². The van der Waals surface area contributed by atoms with Gasteiger partial charge in [-0.3, -0.25) is 4.79 Å². The predicted molar refractivity (Wildman–Crippen MR) is 104 cm³/mol. The minimum Gasteiger partial charge on any atom is -0.394 e. The molecule has 0 aliphatic carbocycles. The van der Waals surface area contributed by atoms with E-state index in [9.17, 15) is 23.8 Å². The lowest BCUT2D eigenvalue weighted by atomic mass is 10.1. The molecule has 3 rings (SSSR count). The van der Waals surface area contributed by atoms with Crippen LogP contribution in [0.3, 0.4) is 0 Å². The fourth-order valence-electron chi connectivity index (χ4n) is 2.27. The normalized spacial score (nSPS) is 11.9. The fraction of sp³-hybridized carbons (Fsp3) is 0.312. The molecule has 28 heavy (non-hydrogen) atoms. The standard InChI is InChI=1S/C16H17F2N5O3S2/c1-16(6-24,7-25)22-12-11-13(23(19)15(26)28-11)21-14(20-12)27-5-8-3-2-4-9(17)10(8)18/h2-4,24-25H,5-7,19H2,1H3,(H,20,21,22). The zero-order valence-electron chi connectivity index (χ0n) is 14.6. The number of nitrogens with zero attached hydrogens (tertiary/aromatic N) is 3. The third-order valence-corrected chi connectivity index (χ3v) is 5.80. The minimum absolute atomic E-state index is 0.0464. The van der Waals surface area contributed by atoms with E-state index in [4.69, 9.17) is 5.84 Å². The number of benzene rings is 1. The van der Waals surface area contributed by atoms with Crippen molar-refractivity contribution in [1.82, 2.24) is 14.6 Å². The molecule has 0 amide bonds. The maximum absolute atomic E-state index is 13.9. The first-order valence-corrected chi connectivity index (χ1v) is 9.82. The molecule has 0 radical (unpaired) electrons. The molecule has 0 unspecified atom stereocenters. The first-order valence-electron chi connectivity index (χ1n) is 8.02. The van der Waals surface area contributed by atoms with Crippen molar-refractivity contribution in [2.24, 2.45) is 0 Å². The monoisotopic (exact) mass is 429 g/mol. The Hall–Kier alpha value is -2.28. The van der Waals surface area contributed by atoms with Crippen molar-refractivity contribution in [3.63, 3.8) is 0 Å². The van der Waals surface area contributed by atoms with Gasteiger partial charge in [0.2, 0.25) is 0 Å². The van der Waals surface area contributed by atoms with Gasteiger partial charge in [-0.1, -0.05) is 35.2 Å². The van der Waals surface area contributed by atoms with Crippen molar-refractivity contribution in [2.45, 2.75) is 23.4 Å². The van der Waals surface area contributed by atoms with Crippen molar-refractivity contribution in [1.29, 1.82) is 0 Å². The number of aromatic nitrogens is 3. The van der Waals surface area contributed by atoms with Crippen molar-refractivity contribution in [3.05, 3.63) is 45.1 Å². The number of hydrogen-bond donors (Lipinski definition) is 4. The summed E-state index contributed by atoms with van der Waals surface area (Å²) in [4.78, 5) is 20.0. The summed E-state index contributed by atoms with van der Waals surface area (Å²) in [6.45, 7) is 0.770. The number of nitrogens with one attached hydrogen (secondary N) is 1. The molecule has 2 aromatic heterocycles. The summed E-state index contributed by atoms with van der Waals surface area (Å²) < 4.78 is 28.4. The van der Waals surface area contributed by atoms with Crippen LogP contribution in [-0.4, -0.2) is 43.6 Å². The second-order valence-corrected chi connectivity index (χ2v) is 8.15. The van der Waals surface area contributed by atoms with E-state index in [0.717, 1.165) is 33.8 Å². The number of fused-ring (bicyclic) bond motifs is 1. The number of halogens is 2. The highest BCUT2D eigenvalue weighted by molar-refractivity contribution is 7.98. The second-order valence-electron chi connectivity index (χ2n) is 6.25. The zero-order chi connectivity index (χ0) is 20.5. The summed E-state index contributed by atoms with van der Waals surface area (Å²) in [6, 6.07) is 3.87. The molecule has 1 aromatic carbocycles. The van der Waals surface area contributed by atoms with E-state index in [1.54, 1.807) is 6.92 Å². The number of thioether (sulfide) groups is 1. The van der Waals surface area contributed by atoms with Gasteiger partial charge < -0.3 is 21.4 Å². The van der Waals surface area contributed by atoms with Crippen LogP contribution in [0.5, 0.6) is 0 Å². The lowest BCUT2D eigenvalue weighted by Gasteiger charge is -2.27. The molecule has 0 bridgehead atoms. The van der Waals surface area contributed by atoms with Gasteiger partial charge in [0.05, 0.1) is 18.8 Å². The summed E-state index contributed by atoms with van der Waals surface area (Å²) in [5.41, 5.74) is -0.827. The van der Waals surface area contributed by atoms with E-state index in [2.05, 4.69) is 15.3 Å². The maximum atomic E-state index is 13.9. The summed E-state index contributed by atoms with van der Waals surface area (Å²) in [7, 11) is 0. The number of hydrogen-bond acceptors (Lipinski definition) is 9. The number of nitrogen functional groups attached to an aromatic ring is 1. The molecule has 0 atom stereocenters. The minimum atomic E-state index is -1.11. The van der Waals surface area contributed by atoms with Crippen LogP contribution in [-0.2, 0) is 5.75 Å². The highest BCUT2D eigenvalue weighted by Crippen LogP contribution is 2.30. The predicted octanol–water partition coefficient (Wildman–Crippen LogP) is 1.29. The largest absolute Gasteiger partial charge is 0.394 e. The molecule has 5 N–H and O–H groups in total. The molecule has 2 heterocycles. The highest BCUT2D eigenvalue weighted by Gasteiger charge is 2.25. The average Bonchev–Trinajstić information content (AvgIpc) is 2.97. The van der Waals surface area contributed by atoms with Gasteiger partial charge in [0.1, 0.15) is 4.70 Å². The molecule has 150 valence electrons. The smallest absolute Gasteiger partial charge is 0.328 e. The van der Waals surface area contributed by atoms with Crippen molar-refractivity contribution >= 4 is 39.3 Å². The Bertz CT molecular complexity index is 1070. The Labute approximate surface area is 166 Å². The summed E-state index contributed by atoms with van der Waals surface area (Å²) in [6.07, 6.45) is 0. The number of aliphatic hydroxyl groups is 2. The fourth-order valence-corrected chi connectivity index (χ4v) is 3.87. The van der Waals surface area contributed by atoms with E-state index in [1.165, 1.54) is 12.1 Å². The first-order chi connectivity index (χ1) is 13.3. The van der Waals surface area contributed by atoms with Crippen molar-refractivity contribution in [2.75, 3.05) is 24.4 Å². The van der Waals surface area contributed by atoms with E-state index in [1.807, 2.05) is 0 Å².